The molecule has 15 heavy (non-hydrogen) atoms. The quantitative estimate of drug-likeness (QED) is 0.826. The van der Waals surface area contributed by atoms with E-state index < -0.39 is 0 Å². The van der Waals surface area contributed by atoms with E-state index in [0.717, 1.165) is 10.3 Å². The minimum absolute atomic E-state index is 0.0126. The normalized spacial score (nSPS) is 20.8. The fourth-order valence-corrected chi connectivity index (χ4v) is 3.29. The Kier molecular flexibility index (Phi) is 3.58. The predicted octanol–water partition coefficient (Wildman–Crippen LogP) is 2.51. The van der Waals surface area contributed by atoms with Crippen molar-refractivity contribution in [3.05, 3.63) is 20.8 Å². The molecule has 0 aliphatic carbocycles. The number of rotatable bonds is 3. The SMILES string of the molecule is O=C1NC(c2ccc(Br)s2)CN1CCS. The van der Waals surface area contributed by atoms with Crippen LogP contribution in [0.15, 0.2) is 15.9 Å². The fraction of sp³-hybridized carbons (Fsp3) is 0.444. The van der Waals surface area contributed by atoms with Gasteiger partial charge in [-0.2, -0.15) is 12.6 Å². The number of halogens is 1. The van der Waals surface area contributed by atoms with Crippen LogP contribution in [0.1, 0.15) is 10.9 Å². The first-order valence-electron chi connectivity index (χ1n) is 4.62. The molecule has 1 unspecified atom stereocenters. The molecule has 82 valence electrons. The van der Waals surface area contributed by atoms with Gasteiger partial charge in [-0.25, -0.2) is 4.79 Å². The van der Waals surface area contributed by atoms with Crippen LogP contribution in [-0.4, -0.2) is 29.8 Å². The molecule has 0 saturated carbocycles. The first kappa shape index (κ1) is 11.3. The van der Waals surface area contributed by atoms with Crippen molar-refractivity contribution in [2.45, 2.75) is 6.04 Å². The maximum atomic E-state index is 11.5. The molecule has 1 aliphatic rings. The first-order chi connectivity index (χ1) is 7.20. The third-order valence-corrected chi connectivity index (χ3v) is 4.23. The van der Waals surface area contributed by atoms with Gasteiger partial charge < -0.3 is 10.2 Å². The largest absolute Gasteiger partial charge is 0.329 e. The lowest BCUT2D eigenvalue weighted by molar-refractivity contribution is 0.220. The molecule has 6 heteroatoms. The third kappa shape index (κ3) is 2.49. The molecule has 1 aliphatic heterocycles. The zero-order valence-electron chi connectivity index (χ0n) is 7.94. The predicted molar refractivity (Wildman–Crippen MR) is 68.7 cm³/mol. The Hall–Kier alpha value is -0.200. The topological polar surface area (TPSA) is 32.3 Å². The number of thiophene rings is 1. The molecular weight excluding hydrogens is 296 g/mol. The average molecular weight is 307 g/mol. The summed E-state index contributed by atoms with van der Waals surface area (Å²) in [6, 6.07) is 4.20. The van der Waals surface area contributed by atoms with Crippen molar-refractivity contribution >= 4 is 45.9 Å². The highest BCUT2D eigenvalue weighted by Gasteiger charge is 2.29. The van der Waals surface area contributed by atoms with Gasteiger partial charge in [0.05, 0.1) is 9.83 Å². The maximum absolute atomic E-state index is 11.5. The van der Waals surface area contributed by atoms with E-state index in [2.05, 4.69) is 33.9 Å². The molecule has 0 bridgehead atoms. The summed E-state index contributed by atoms with van der Waals surface area (Å²) in [5, 5.41) is 2.96. The van der Waals surface area contributed by atoms with E-state index >= 15 is 0 Å². The highest BCUT2D eigenvalue weighted by Crippen LogP contribution is 2.29. The number of hydrogen-bond donors (Lipinski definition) is 2. The van der Waals surface area contributed by atoms with Crippen molar-refractivity contribution in [1.29, 1.82) is 0 Å². The Bertz CT molecular complexity index is 369. The van der Waals surface area contributed by atoms with Gasteiger partial charge in [0.25, 0.3) is 0 Å². The molecule has 1 aromatic rings. The molecule has 1 saturated heterocycles. The summed E-state index contributed by atoms with van der Waals surface area (Å²) in [5.41, 5.74) is 0. The van der Waals surface area contributed by atoms with Crippen LogP contribution >= 0.6 is 39.9 Å². The summed E-state index contributed by atoms with van der Waals surface area (Å²) in [5.74, 6) is 0.703. The van der Waals surface area contributed by atoms with E-state index in [1.165, 1.54) is 4.88 Å². The van der Waals surface area contributed by atoms with Crippen LogP contribution in [0.25, 0.3) is 0 Å². The van der Waals surface area contributed by atoms with Crippen molar-refractivity contribution in [2.75, 3.05) is 18.8 Å². The molecule has 2 amide bonds. The van der Waals surface area contributed by atoms with E-state index in [1.54, 1.807) is 16.2 Å². The van der Waals surface area contributed by atoms with Gasteiger partial charge in [0.1, 0.15) is 0 Å². The van der Waals surface area contributed by atoms with Gasteiger partial charge in [-0.05, 0) is 28.1 Å². The number of nitrogens with one attached hydrogen (secondary N) is 1. The Balaban J connectivity index is 2.05. The lowest BCUT2D eigenvalue weighted by Crippen LogP contribution is -2.29. The van der Waals surface area contributed by atoms with Gasteiger partial charge in [-0.3, -0.25) is 0 Å². The number of thiol groups is 1. The van der Waals surface area contributed by atoms with Crippen LogP contribution in [0.2, 0.25) is 0 Å². The van der Waals surface area contributed by atoms with Gasteiger partial charge in [-0.15, -0.1) is 11.3 Å². The smallest absolute Gasteiger partial charge is 0.318 e. The number of carbonyl (C=O) groups is 1. The van der Waals surface area contributed by atoms with Crippen LogP contribution in [0.3, 0.4) is 0 Å². The van der Waals surface area contributed by atoms with Crippen molar-refractivity contribution in [2.24, 2.45) is 0 Å². The lowest BCUT2D eigenvalue weighted by atomic mass is 10.2. The summed E-state index contributed by atoms with van der Waals surface area (Å²) in [4.78, 5) is 14.5. The van der Waals surface area contributed by atoms with Crippen LogP contribution in [-0.2, 0) is 0 Å². The van der Waals surface area contributed by atoms with E-state index in [1.807, 2.05) is 12.1 Å². The molecule has 0 radical (unpaired) electrons. The second-order valence-electron chi connectivity index (χ2n) is 3.31. The van der Waals surface area contributed by atoms with E-state index in [4.69, 9.17) is 0 Å². The Labute approximate surface area is 106 Å². The molecule has 0 spiro atoms. The number of carbonyl (C=O) groups excluding carboxylic acids is 1. The number of amides is 2. The summed E-state index contributed by atoms with van der Waals surface area (Å²) in [7, 11) is 0. The number of nitrogens with zero attached hydrogens (tertiary/aromatic N) is 1. The Morgan fingerprint density at radius 1 is 1.67 bits per heavy atom. The second-order valence-corrected chi connectivity index (χ2v) is 6.26. The zero-order chi connectivity index (χ0) is 10.8. The highest BCUT2D eigenvalue weighted by atomic mass is 79.9. The molecule has 1 aromatic heterocycles. The number of urea groups is 1. The molecular formula is C9H11BrN2OS2. The van der Waals surface area contributed by atoms with Crippen molar-refractivity contribution in [3.8, 4) is 0 Å². The highest BCUT2D eigenvalue weighted by molar-refractivity contribution is 9.11. The van der Waals surface area contributed by atoms with E-state index in [-0.39, 0.29) is 12.1 Å². The van der Waals surface area contributed by atoms with Gasteiger partial charge in [0.15, 0.2) is 0 Å². The monoisotopic (exact) mass is 306 g/mol. The first-order valence-corrected chi connectivity index (χ1v) is 6.86. The summed E-state index contributed by atoms with van der Waals surface area (Å²) >= 11 is 9.21. The summed E-state index contributed by atoms with van der Waals surface area (Å²) in [6.45, 7) is 1.45. The van der Waals surface area contributed by atoms with Gasteiger partial charge in [0, 0.05) is 23.7 Å². The molecule has 1 atom stereocenters. The van der Waals surface area contributed by atoms with Crippen LogP contribution < -0.4 is 5.32 Å². The molecule has 2 rings (SSSR count). The second kappa shape index (κ2) is 4.76. The minimum Gasteiger partial charge on any atom is -0.329 e. The fourth-order valence-electron chi connectivity index (χ4n) is 1.58. The lowest BCUT2D eigenvalue weighted by Gasteiger charge is -2.11. The summed E-state index contributed by atoms with van der Waals surface area (Å²) in [6.07, 6.45) is 0. The Morgan fingerprint density at radius 2 is 2.47 bits per heavy atom. The molecule has 2 heterocycles. The Morgan fingerprint density at radius 3 is 3.07 bits per heavy atom. The molecule has 1 N–H and O–H groups in total. The van der Waals surface area contributed by atoms with Crippen molar-refractivity contribution < 1.29 is 4.79 Å². The van der Waals surface area contributed by atoms with Crippen LogP contribution in [0.5, 0.6) is 0 Å². The van der Waals surface area contributed by atoms with Crippen molar-refractivity contribution in [1.82, 2.24) is 10.2 Å². The van der Waals surface area contributed by atoms with E-state index in [9.17, 15) is 4.79 Å². The van der Waals surface area contributed by atoms with Crippen LogP contribution in [0, 0.1) is 0 Å². The van der Waals surface area contributed by atoms with Gasteiger partial charge >= 0.3 is 6.03 Å². The minimum atomic E-state index is 0.0126. The summed E-state index contributed by atoms with van der Waals surface area (Å²) < 4.78 is 1.10. The average Bonchev–Trinajstić information content (AvgIpc) is 2.75. The third-order valence-electron chi connectivity index (χ3n) is 2.30. The maximum Gasteiger partial charge on any atom is 0.318 e. The standard InChI is InChI=1S/C9H11BrN2OS2/c10-8-2-1-7(15-8)6-5-12(3-4-14)9(13)11-6/h1-2,6,14H,3-5H2,(H,11,13). The molecule has 0 aromatic carbocycles. The van der Waals surface area contributed by atoms with Crippen LogP contribution in [0.4, 0.5) is 4.79 Å². The van der Waals surface area contributed by atoms with Gasteiger partial charge in [0.2, 0.25) is 0 Å². The molecule has 1 fully saturated rings. The number of hydrogen-bond acceptors (Lipinski definition) is 3. The zero-order valence-corrected chi connectivity index (χ0v) is 11.2. The van der Waals surface area contributed by atoms with Crippen molar-refractivity contribution in [3.63, 3.8) is 0 Å². The molecule has 3 nitrogen and oxygen atoms in total. The van der Waals surface area contributed by atoms with E-state index in [0.29, 0.717) is 12.3 Å². The van der Waals surface area contributed by atoms with Gasteiger partial charge in [-0.1, -0.05) is 0 Å².